The number of thioether (sulfide) groups is 1. The van der Waals surface area contributed by atoms with Crippen LogP contribution in [0.2, 0.25) is 5.02 Å². The summed E-state index contributed by atoms with van der Waals surface area (Å²) in [6.07, 6.45) is 0. The molecule has 168 valence electrons. The van der Waals surface area contributed by atoms with E-state index in [1.807, 2.05) is 41.8 Å². The first-order valence-electron chi connectivity index (χ1n) is 10.1. The molecule has 1 unspecified atom stereocenters. The van der Waals surface area contributed by atoms with Gasteiger partial charge in [0.15, 0.2) is 11.0 Å². The third kappa shape index (κ3) is 4.94. The van der Waals surface area contributed by atoms with Crippen LogP contribution in [-0.2, 0) is 17.9 Å². The second kappa shape index (κ2) is 10.1. The molecule has 0 saturated carbocycles. The van der Waals surface area contributed by atoms with E-state index in [4.69, 9.17) is 25.8 Å². The molecule has 3 aromatic rings. The molecule has 0 bridgehead atoms. The molecule has 4 rings (SSSR count). The first-order valence-corrected chi connectivity index (χ1v) is 11.5. The standard InChI is InChI=1S/C22H23ClN4O4S/c1-3-27-20(12-31-19-7-5-4-6-16(19)23)25-26-22(27)32-13-21(28)24-17-11-30-18-9-8-14(29-2)10-15(17)18/h4-10,17H,3,11-13H2,1-2H3,(H,24,28). The summed E-state index contributed by atoms with van der Waals surface area (Å²) in [5.41, 5.74) is 0.915. The summed E-state index contributed by atoms with van der Waals surface area (Å²) >= 11 is 7.47. The monoisotopic (exact) mass is 474 g/mol. The zero-order valence-electron chi connectivity index (χ0n) is 17.7. The molecule has 2 aromatic carbocycles. The van der Waals surface area contributed by atoms with Gasteiger partial charge >= 0.3 is 0 Å². The summed E-state index contributed by atoms with van der Waals surface area (Å²) in [5.74, 6) is 2.84. The van der Waals surface area contributed by atoms with Gasteiger partial charge in [0.1, 0.15) is 30.5 Å². The van der Waals surface area contributed by atoms with Crippen molar-refractivity contribution < 1.29 is 19.0 Å². The van der Waals surface area contributed by atoms with Gasteiger partial charge in [0, 0.05) is 12.1 Å². The first kappa shape index (κ1) is 22.3. The van der Waals surface area contributed by atoms with Gasteiger partial charge in [0.25, 0.3) is 0 Å². The Balaban J connectivity index is 1.34. The van der Waals surface area contributed by atoms with Gasteiger partial charge in [-0.25, -0.2) is 0 Å². The molecule has 0 aliphatic carbocycles. The highest BCUT2D eigenvalue weighted by Gasteiger charge is 2.26. The number of methoxy groups -OCH3 is 1. The van der Waals surface area contributed by atoms with Crippen molar-refractivity contribution >= 4 is 29.3 Å². The maximum atomic E-state index is 12.6. The lowest BCUT2D eigenvalue weighted by atomic mass is 10.1. The predicted octanol–water partition coefficient (Wildman–Crippen LogP) is 3.88. The molecule has 8 nitrogen and oxygen atoms in total. The number of ether oxygens (including phenoxy) is 3. The average molecular weight is 475 g/mol. The number of nitrogens with zero attached hydrogens (tertiary/aromatic N) is 3. The lowest BCUT2D eigenvalue weighted by molar-refractivity contribution is -0.119. The van der Waals surface area contributed by atoms with E-state index >= 15 is 0 Å². The Labute approximate surface area is 195 Å². The van der Waals surface area contributed by atoms with E-state index in [-0.39, 0.29) is 24.3 Å². The molecule has 32 heavy (non-hydrogen) atoms. The minimum absolute atomic E-state index is 0.112. The average Bonchev–Trinajstić information content (AvgIpc) is 3.40. The van der Waals surface area contributed by atoms with E-state index in [1.54, 1.807) is 19.2 Å². The Morgan fingerprint density at radius 3 is 2.94 bits per heavy atom. The van der Waals surface area contributed by atoms with Gasteiger partial charge < -0.3 is 24.1 Å². The summed E-state index contributed by atoms with van der Waals surface area (Å²) in [5, 5.41) is 12.7. The van der Waals surface area contributed by atoms with Gasteiger partial charge in [-0.3, -0.25) is 4.79 Å². The number of carbonyl (C=O) groups is 1. The highest BCUT2D eigenvalue weighted by atomic mass is 35.5. The van der Waals surface area contributed by atoms with Crippen LogP contribution in [0.1, 0.15) is 24.4 Å². The van der Waals surface area contributed by atoms with Crippen molar-refractivity contribution in [1.82, 2.24) is 20.1 Å². The molecule has 1 aliphatic rings. The zero-order valence-corrected chi connectivity index (χ0v) is 19.3. The molecule has 0 spiro atoms. The number of aromatic nitrogens is 3. The highest BCUT2D eigenvalue weighted by Crippen LogP contribution is 2.35. The third-order valence-corrected chi connectivity index (χ3v) is 6.25. The van der Waals surface area contributed by atoms with Gasteiger partial charge in [0.05, 0.1) is 23.9 Å². The number of nitrogens with one attached hydrogen (secondary N) is 1. The van der Waals surface area contributed by atoms with Gasteiger partial charge in [0.2, 0.25) is 5.91 Å². The van der Waals surface area contributed by atoms with Crippen LogP contribution in [0.25, 0.3) is 0 Å². The van der Waals surface area contributed by atoms with Gasteiger partial charge in [-0.2, -0.15) is 0 Å². The van der Waals surface area contributed by atoms with Crippen LogP contribution in [-0.4, -0.2) is 40.1 Å². The summed E-state index contributed by atoms with van der Waals surface area (Å²) < 4.78 is 18.6. The molecule has 1 aromatic heterocycles. The van der Waals surface area contributed by atoms with Crippen LogP contribution in [0, 0.1) is 0 Å². The number of fused-ring (bicyclic) bond motifs is 1. The maximum absolute atomic E-state index is 12.6. The number of carbonyl (C=O) groups excluding carboxylic acids is 1. The Kier molecular flexibility index (Phi) is 7.06. The Morgan fingerprint density at radius 1 is 1.31 bits per heavy atom. The van der Waals surface area contributed by atoms with Gasteiger partial charge in [-0.1, -0.05) is 35.5 Å². The van der Waals surface area contributed by atoms with Crippen LogP contribution < -0.4 is 19.5 Å². The molecular formula is C22H23ClN4O4S. The number of amides is 1. The largest absolute Gasteiger partial charge is 0.497 e. The van der Waals surface area contributed by atoms with E-state index in [2.05, 4.69) is 15.5 Å². The summed E-state index contributed by atoms with van der Waals surface area (Å²) in [6.45, 7) is 3.28. The summed E-state index contributed by atoms with van der Waals surface area (Å²) in [4.78, 5) is 12.6. The summed E-state index contributed by atoms with van der Waals surface area (Å²) in [6, 6.07) is 12.6. The van der Waals surface area contributed by atoms with Gasteiger partial charge in [-0.05, 0) is 37.3 Å². The van der Waals surface area contributed by atoms with E-state index in [0.29, 0.717) is 34.9 Å². The lowest BCUT2D eigenvalue weighted by Crippen LogP contribution is -2.30. The molecule has 0 saturated heterocycles. The fourth-order valence-corrected chi connectivity index (χ4v) is 4.38. The number of rotatable bonds is 9. The van der Waals surface area contributed by atoms with Crippen molar-refractivity contribution in [2.75, 3.05) is 19.5 Å². The van der Waals surface area contributed by atoms with Crippen LogP contribution in [0.5, 0.6) is 17.2 Å². The molecule has 0 radical (unpaired) electrons. The number of para-hydroxylation sites is 1. The lowest BCUT2D eigenvalue weighted by Gasteiger charge is -2.12. The molecular weight excluding hydrogens is 452 g/mol. The zero-order chi connectivity index (χ0) is 22.5. The molecule has 2 heterocycles. The van der Waals surface area contributed by atoms with E-state index in [9.17, 15) is 4.79 Å². The number of benzene rings is 2. The normalized spacial score (nSPS) is 14.5. The number of halogens is 1. The number of hydrogen-bond acceptors (Lipinski definition) is 7. The number of hydrogen-bond donors (Lipinski definition) is 1. The van der Waals surface area contributed by atoms with E-state index in [1.165, 1.54) is 11.8 Å². The third-order valence-electron chi connectivity index (χ3n) is 4.97. The minimum atomic E-state index is -0.211. The van der Waals surface area contributed by atoms with Crippen LogP contribution >= 0.6 is 23.4 Å². The van der Waals surface area contributed by atoms with Crippen LogP contribution in [0.4, 0.5) is 0 Å². The Hall–Kier alpha value is -2.91. The Morgan fingerprint density at radius 2 is 2.16 bits per heavy atom. The smallest absolute Gasteiger partial charge is 0.231 e. The molecule has 1 aliphatic heterocycles. The topological polar surface area (TPSA) is 87.5 Å². The second-order valence-corrected chi connectivity index (χ2v) is 8.34. The minimum Gasteiger partial charge on any atom is -0.497 e. The van der Waals surface area contributed by atoms with Gasteiger partial charge in [-0.15, -0.1) is 10.2 Å². The van der Waals surface area contributed by atoms with Crippen LogP contribution in [0.15, 0.2) is 47.6 Å². The van der Waals surface area contributed by atoms with Crippen molar-refractivity contribution in [1.29, 1.82) is 0 Å². The SMILES string of the molecule is CCn1c(COc2ccccc2Cl)nnc1SCC(=O)NC1COc2ccc(OC)cc21. The molecule has 10 heteroatoms. The van der Waals surface area contributed by atoms with Crippen molar-refractivity contribution in [3.63, 3.8) is 0 Å². The molecule has 1 atom stereocenters. The highest BCUT2D eigenvalue weighted by molar-refractivity contribution is 7.99. The fraction of sp³-hybridized carbons (Fsp3) is 0.318. The van der Waals surface area contributed by atoms with Crippen molar-refractivity contribution in [2.45, 2.75) is 31.3 Å². The quantitative estimate of drug-likeness (QED) is 0.471. The first-order chi connectivity index (χ1) is 15.6. The maximum Gasteiger partial charge on any atom is 0.231 e. The molecule has 0 fully saturated rings. The fourth-order valence-electron chi connectivity index (χ4n) is 3.36. The second-order valence-electron chi connectivity index (χ2n) is 6.99. The van der Waals surface area contributed by atoms with Crippen molar-refractivity contribution in [3.05, 3.63) is 58.9 Å². The van der Waals surface area contributed by atoms with Crippen molar-refractivity contribution in [2.24, 2.45) is 0 Å². The van der Waals surface area contributed by atoms with E-state index < -0.39 is 0 Å². The molecule has 1 amide bonds. The van der Waals surface area contributed by atoms with E-state index in [0.717, 1.165) is 17.1 Å². The summed E-state index contributed by atoms with van der Waals surface area (Å²) in [7, 11) is 1.61. The van der Waals surface area contributed by atoms with Crippen molar-refractivity contribution in [3.8, 4) is 17.2 Å². The van der Waals surface area contributed by atoms with Crippen LogP contribution in [0.3, 0.4) is 0 Å². The Bertz CT molecular complexity index is 1110. The predicted molar refractivity (Wildman–Crippen MR) is 122 cm³/mol. The molecule has 1 N–H and O–H groups in total.